The fourth-order valence-corrected chi connectivity index (χ4v) is 3.96. The molecule has 0 unspecified atom stereocenters. The predicted octanol–water partition coefficient (Wildman–Crippen LogP) is 4.67. The minimum atomic E-state index is -0.287. The Labute approximate surface area is 136 Å². The van der Waals surface area contributed by atoms with Crippen LogP contribution in [0.15, 0.2) is 18.2 Å². The summed E-state index contributed by atoms with van der Waals surface area (Å²) >= 11 is 13.2. The molecule has 3 nitrogen and oxygen atoms in total. The Morgan fingerprint density at radius 1 is 1.29 bits per heavy atom. The second kappa shape index (κ2) is 5.69. The molecule has 0 spiro atoms. The van der Waals surface area contributed by atoms with Crippen LogP contribution in [0.2, 0.25) is 10.0 Å². The standard InChI is InChI=1S/C15H10Cl2N2OS/c16-11-5-4-8(6-12(11)17)14(20)19-15-10(7-18)9-2-1-3-13(9)21-15/h4-6H,1-3H2,(H,19,20). The third-order valence-electron chi connectivity index (χ3n) is 3.44. The predicted molar refractivity (Wildman–Crippen MR) is 85.5 cm³/mol. The Balaban J connectivity index is 1.88. The van der Waals surface area contributed by atoms with Gasteiger partial charge in [-0.2, -0.15) is 5.26 Å². The minimum absolute atomic E-state index is 0.287. The van der Waals surface area contributed by atoms with Crippen LogP contribution >= 0.6 is 34.5 Å². The number of anilines is 1. The first-order valence-electron chi connectivity index (χ1n) is 6.41. The fraction of sp³-hybridized carbons (Fsp3) is 0.200. The first-order valence-corrected chi connectivity index (χ1v) is 7.98. The van der Waals surface area contributed by atoms with E-state index in [2.05, 4.69) is 11.4 Å². The summed E-state index contributed by atoms with van der Waals surface area (Å²) in [7, 11) is 0. The lowest BCUT2D eigenvalue weighted by molar-refractivity contribution is 0.102. The van der Waals surface area contributed by atoms with E-state index in [1.807, 2.05) is 0 Å². The van der Waals surface area contributed by atoms with E-state index in [1.165, 1.54) is 22.3 Å². The van der Waals surface area contributed by atoms with Gasteiger partial charge in [0.25, 0.3) is 5.91 Å². The SMILES string of the molecule is N#Cc1c(NC(=O)c2ccc(Cl)c(Cl)c2)sc2c1CCC2. The molecule has 1 aliphatic carbocycles. The van der Waals surface area contributed by atoms with Crippen LogP contribution in [0.1, 0.15) is 32.8 Å². The van der Waals surface area contributed by atoms with E-state index in [9.17, 15) is 10.1 Å². The van der Waals surface area contributed by atoms with Crippen molar-refractivity contribution >= 4 is 45.4 Å². The molecule has 1 aromatic carbocycles. The molecule has 0 atom stereocenters. The van der Waals surface area contributed by atoms with Crippen LogP contribution in [0.25, 0.3) is 0 Å². The fourth-order valence-electron chi connectivity index (χ4n) is 2.42. The molecule has 1 aromatic heterocycles. The van der Waals surface area contributed by atoms with Crippen LogP contribution < -0.4 is 5.32 Å². The highest BCUT2D eigenvalue weighted by molar-refractivity contribution is 7.16. The molecular weight excluding hydrogens is 327 g/mol. The molecule has 21 heavy (non-hydrogen) atoms. The molecule has 2 aromatic rings. The summed E-state index contributed by atoms with van der Waals surface area (Å²) in [6.45, 7) is 0. The molecule has 0 radical (unpaired) electrons. The topological polar surface area (TPSA) is 52.9 Å². The van der Waals surface area contributed by atoms with Crippen LogP contribution in [-0.2, 0) is 12.8 Å². The highest BCUT2D eigenvalue weighted by Gasteiger charge is 2.23. The number of rotatable bonds is 2. The second-order valence-electron chi connectivity index (χ2n) is 4.76. The van der Waals surface area contributed by atoms with Gasteiger partial charge < -0.3 is 5.32 Å². The number of nitrogens with zero attached hydrogens (tertiary/aromatic N) is 1. The zero-order chi connectivity index (χ0) is 15.0. The third-order valence-corrected chi connectivity index (χ3v) is 5.39. The van der Waals surface area contributed by atoms with E-state index >= 15 is 0 Å². The second-order valence-corrected chi connectivity index (χ2v) is 6.68. The Morgan fingerprint density at radius 2 is 2.10 bits per heavy atom. The molecule has 1 aliphatic rings. The Hall–Kier alpha value is -1.54. The summed E-state index contributed by atoms with van der Waals surface area (Å²) in [5, 5.41) is 13.5. The zero-order valence-electron chi connectivity index (χ0n) is 10.9. The number of nitriles is 1. The molecule has 0 fully saturated rings. The Bertz CT molecular complexity index is 777. The lowest BCUT2D eigenvalue weighted by Gasteiger charge is -2.05. The van der Waals surface area contributed by atoms with E-state index in [1.54, 1.807) is 12.1 Å². The van der Waals surface area contributed by atoms with Gasteiger partial charge in [-0.1, -0.05) is 23.2 Å². The summed E-state index contributed by atoms with van der Waals surface area (Å²) in [5.74, 6) is -0.287. The molecule has 6 heteroatoms. The maximum atomic E-state index is 12.3. The van der Waals surface area contributed by atoms with Gasteiger partial charge in [-0.3, -0.25) is 4.79 Å². The lowest BCUT2D eigenvalue weighted by atomic mass is 10.1. The summed E-state index contributed by atoms with van der Waals surface area (Å²) in [5.41, 5.74) is 2.11. The molecule has 1 N–H and O–H groups in total. The number of fused-ring (bicyclic) bond motifs is 1. The molecule has 1 heterocycles. The zero-order valence-corrected chi connectivity index (χ0v) is 13.2. The van der Waals surface area contributed by atoms with Crippen molar-refractivity contribution in [2.24, 2.45) is 0 Å². The maximum absolute atomic E-state index is 12.3. The van der Waals surface area contributed by atoms with Crippen molar-refractivity contribution in [1.29, 1.82) is 5.26 Å². The van der Waals surface area contributed by atoms with Crippen molar-refractivity contribution in [3.05, 3.63) is 49.8 Å². The van der Waals surface area contributed by atoms with Crippen molar-refractivity contribution in [3.8, 4) is 6.07 Å². The molecule has 0 bridgehead atoms. The van der Waals surface area contributed by atoms with Crippen LogP contribution in [-0.4, -0.2) is 5.91 Å². The Kier molecular flexibility index (Phi) is 3.90. The quantitative estimate of drug-likeness (QED) is 0.866. The molecule has 0 aliphatic heterocycles. The highest BCUT2D eigenvalue weighted by atomic mass is 35.5. The summed E-state index contributed by atoms with van der Waals surface area (Å²) in [6.07, 6.45) is 2.98. The van der Waals surface area contributed by atoms with E-state index in [4.69, 9.17) is 23.2 Å². The van der Waals surface area contributed by atoms with Gasteiger partial charge in [0.15, 0.2) is 0 Å². The summed E-state index contributed by atoms with van der Waals surface area (Å²) in [4.78, 5) is 13.5. The van der Waals surface area contributed by atoms with Gasteiger partial charge in [0.2, 0.25) is 0 Å². The van der Waals surface area contributed by atoms with Gasteiger partial charge in [-0.25, -0.2) is 0 Å². The van der Waals surface area contributed by atoms with E-state index in [0.29, 0.717) is 26.2 Å². The summed E-state index contributed by atoms with van der Waals surface area (Å²) in [6, 6.07) is 6.91. The third kappa shape index (κ3) is 2.65. The van der Waals surface area contributed by atoms with Gasteiger partial charge in [-0.05, 0) is 43.0 Å². The first kappa shape index (κ1) is 14.4. The number of thiophene rings is 1. The smallest absolute Gasteiger partial charge is 0.256 e. The van der Waals surface area contributed by atoms with Crippen molar-refractivity contribution in [3.63, 3.8) is 0 Å². The van der Waals surface area contributed by atoms with Crippen molar-refractivity contribution < 1.29 is 4.79 Å². The number of hydrogen-bond acceptors (Lipinski definition) is 3. The number of halogens is 2. The maximum Gasteiger partial charge on any atom is 0.256 e. The van der Waals surface area contributed by atoms with E-state index < -0.39 is 0 Å². The van der Waals surface area contributed by atoms with Gasteiger partial charge >= 0.3 is 0 Å². The van der Waals surface area contributed by atoms with Gasteiger partial charge in [0.05, 0.1) is 15.6 Å². The van der Waals surface area contributed by atoms with Crippen LogP contribution in [0.4, 0.5) is 5.00 Å². The molecule has 0 saturated heterocycles. The minimum Gasteiger partial charge on any atom is -0.312 e. The van der Waals surface area contributed by atoms with E-state index in [-0.39, 0.29) is 5.91 Å². The molecular formula is C15H10Cl2N2OS. The first-order chi connectivity index (χ1) is 10.1. The average molecular weight is 337 g/mol. The van der Waals surface area contributed by atoms with Gasteiger partial charge in [0.1, 0.15) is 11.1 Å². The molecule has 3 rings (SSSR count). The van der Waals surface area contributed by atoms with E-state index in [0.717, 1.165) is 24.8 Å². The van der Waals surface area contributed by atoms with Crippen molar-refractivity contribution in [1.82, 2.24) is 0 Å². The van der Waals surface area contributed by atoms with Crippen LogP contribution in [0.3, 0.4) is 0 Å². The Morgan fingerprint density at radius 3 is 2.81 bits per heavy atom. The summed E-state index contributed by atoms with van der Waals surface area (Å²) < 4.78 is 0. The lowest BCUT2D eigenvalue weighted by Crippen LogP contribution is -2.11. The molecule has 1 amide bonds. The molecule has 0 saturated carbocycles. The van der Waals surface area contributed by atoms with Crippen LogP contribution in [0, 0.1) is 11.3 Å². The number of carbonyl (C=O) groups excluding carboxylic acids is 1. The molecule has 106 valence electrons. The van der Waals surface area contributed by atoms with Gasteiger partial charge in [0, 0.05) is 10.4 Å². The number of benzene rings is 1. The number of amides is 1. The normalized spacial score (nSPS) is 12.8. The number of carbonyl (C=O) groups is 1. The van der Waals surface area contributed by atoms with Crippen molar-refractivity contribution in [2.45, 2.75) is 19.3 Å². The van der Waals surface area contributed by atoms with Crippen molar-refractivity contribution in [2.75, 3.05) is 5.32 Å². The monoisotopic (exact) mass is 336 g/mol. The largest absolute Gasteiger partial charge is 0.312 e. The van der Waals surface area contributed by atoms with Crippen LogP contribution in [0.5, 0.6) is 0 Å². The highest BCUT2D eigenvalue weighted by Crippen LogP contribution is 2.38. The van der Waals surface area contributed by atoms with Gasteiger partial charge in [-0.15, -0.1) is 11.3 Å². The number of aryl methyl sites for hydroxylation is 1. The number of hydrogen-bond donors (Lipinski definition) is 1. The average Bonchev–Trinajstić information content (AvgIpc) is 3.02. The number of nitrogens with one attached hydrogen (secondary N) is 1.